The van der Waals surface area contributed by atoms with E-state index in [1.54, 1.807) is 17.8 Å². The number of aromatic nitrogens is 2. The Hall–Kier alpha value is -2.93. The molecule has 0 bridgehead atoms. The summed E-state index contributed by atoms with van der Waals surface area (Å²) >= 11 is 1.71. The third kappa shape index (κ3) is 5.41. The van der Waals surface area contributed by atoms with Crippen molar-refractivity contribution in [2.75, 3.05) is 24.2 Å². The van der Waals surface area contributed by atoms with Crippen LogP contribution in [0.2, 0.25) is 0 Å². The van der Waals surface area contributed by atoms with Crippen molar-refractivity contribution >= 4 is 23.5 Å². The van der Waals surface area contributed by atoms with E-state index in [0.29, 0.717) is 12.2 Å². The Labute approximate surface area is 186 Å². The lowest BCUT2D eigenvalue weighted by molar-refractivity contribution is -0.125. The van der Waals surface area contributed by atoms with Gasteiger partial charge in [-0.05, 0) is 48.9 Å². The van der Waals surface area contributed by atoms with Crippen molar-refractivity contribution in [2.45, 2.75) is 24.3 Å². The van der Waals surface area contributed by atoms with Gasteiger partial charge in [0.15, 0.2) is 0 Å². The fourth-order valence-electron chi connectivity index (χ4n) is 3.77. The molecule has 4 rings (SSSR count). The van der Waals surface area contributed by atoms with Gasteiger partial charge in [-0.1, -0.05) is 24.3 Å². The van der Waals surface area contributed by atoms with E-state index < -0.39 is 0 Å². The first kappa shape index (κ1) is 21.3. The van der Waals surface area contributed by atoms with Crippen molar-refractivity contribution in [1.29, 1.82) is 0 Å². The molecule has 31 heavy (non-hydrogen) atoms. The lowest BCUT2D eigenvalue weighted by atomic mass is 9.95. The summed E-state index contributed by atoms with van der Waals surface area (Å²) in [7, 11) is 0. The maximum atomic E-state index is 13.5. The van der Waals surface area contributed by atoms with Crippen LogP contribution in [-0.2, 0) is 11.3 Å². The molecule has 1 fully saturated rings. The van der Waals surface area contributed by atoms with Crippen molar-refractivity contribution in [3.63, 3.8) is 0 Å². The van der Waals surface area contributed by atoms with Gasteiger partial charge >= 0.3 is 0 Å². The Morgan fingerprint density at radius 1 is 1.13 bits per heavy atom. The van der Waals surface area contributed by atoms with Crippen LogP contribution in [0.15, 0.2) is 65.8 Å². The highest BCUT2D eigenvalue weighted by molar-refractivity contribution is 7.98. The molecule has 0 aliphatic carbocycles. The van der Waals surface area contributed by atoms with E-state index in [2.05, 4.69) is 44.5 Å². The van der Waals surface area contributed by atoms with E-state index in [-0.39, 0.29) is 17.6 Å². The summed E-state index contributed by atoms with van der Waals surface area (Å²) in [4.78, 5) is 24.7. The van der Waals surface area contributed by atoms with Crippen LogP contribution >= 0.6 is 11.8 Å². The largest absolute Gasteiger partial charge is 0.356 e. The van der Waals surface area contributed by atoms with Crippen molar-refractivity contribution < 1.29 is 9.18 Å². The number of anilines is 1. The minimum absolute atomic E-state index is 0.00578. The van der Waals surface area contributed by atoms with E-state index in [9.17, 15) is 9.18 Å². The van der Waals surface area contributed by atoms with Gasteiger partial charge in [0.2, 0.25) is 5.91 Å². The van der Waals surface area contributed by atoms with Crippen molar-refractivity contribution in [1.82, 2.24) is 15.3 Å². The van der Waals surface area contributed by atoms with Crippen LogP contribution in [0, 0.1) is 11.7 Å². The highest BCUT2D eigenvalue weighted by atomic mass is 32.2. The van der Waals surface area contributed by atoms with Crippen LogP contribution in [0.5, 0.6) is 0 Å². The summed E-state index contributed by atoms with van der Waals surface area (Å²) in [6.45, 7) is 2.05. The first-order chi connectivity index (χ1) is 15.1. The number of carbonyl (C=O) groups is 1. The van der Waals surface area contributed by atoms with Crippen LogP contribution in [0.1, 0.15) is 18.4 Å². The van der Waals surface area contributed by atoms with E-state index in [1.807, 2.05) is 18.4 Å². The number of rotatable bonds is 6. The Kier molecular flexibility index (Phi) is 6.82. The second kappa shape index (κ2) is 9.92. The molecular formula is C24H25FN4OS. The Bertz CT molecular complexity index is 1040. The van der Waals surface area contributed by atoms with Crippen LogP contribution in [0.4, 0.5) is 10.2 Å². The number of amides is 1. The number of carbonyl (C=O) groups excluding carboxylic acids is 1. The average molecular weight is 437 g/mol. The van der Waals surface area contributed by atoms with Gasteiger partial charge in [0, 0.05) is 42.1 Å². The van der Waals surface area contributed by atoms with Crippen LogP contribution in [0.25, 0.3) is 11.3 Å². The molecule has 0 saturated carbocycles. The molecule has 1 aliphatic rings. The molecule has 1 aromatic heterocycles. The van der Waals surface area contributed by atoms with E-state index in [0.717, 1.165) is 42.9 Å². The third-order valence-electron chi connectivity index (χ3n) is 5.59. The standard InChI is InChI=1S/C24H25FN4OS/c1-31-21-7-5-17(6-8-21)15-26-24(30)18-9-11-29(12-10-18)23-14-22(27-16-28-23)19-3-2-4-20(25)13-19/h2-8,13-14,16,18H,9-12,15H2,1H3,(H,26,30). The zero-order valence-electron chi connectivity index (χ0n) is 17.4. The second-order valence-electron chi connectivity index (χ2n) is 7.60. The number of thioether (sulfide) groups is 1. The minimum atomic E-state index is -0.287. The minimum Gasteiger partial charge on any atom is -0.356 e. The van der Waals surface area contributed by atoms with E-state index in [4.69, 9.17) is 0 Å². The number of hydrogen-bond donors (Lipinski definition) is 1. The van der Waals surface area contributed by atoms with Gasteiger partial charge < -0.3 is 10.2 Å². The molecule has 2 heterocycles. The molecule has 0 radical (unpaired) electrons. The predicted molar refractivity (Wildman–Crippen MR) is 122 cm³/mol. The summed E-state index contributed by atoms with van der Waals surface area (Å²) in [6, 6.07) is 16.5. The van der Waals surface area contributed by atoms with Gasteiger partial charge in [-0.25, -0.2) is 14.4 Å². The summed E-state index contributed by atoms with van der Waals surface area (Å²) in [5.74, 6) is 0.634. The lowest BCUT2D eigenvalue weighted by Gasteiger charge is -2.32. The lowest BCUT2D eigenvalue weighted by Crippen LogP contribution is -2.40. The fourth-order valence-corrected chi connectivity index (χ4v) is 4.18. The zero-order chi connectivity index (χ0) is 21.6. The van der Waals surface area contributed by atoms with E-state index >= 15 is 0 Å². The molecule has 1 aliphatic heterocycles. The number of nitrogens with zero attached hydrogens (tertiary/aromatic N) is 3. The second-order valence-corrected chi connectivity index (χ2v) is 8.48. The van der Waals surface area contributed by atoms with Crippen molar-refractivity contribution in [3.05, 3.63) is 72.3 Å². The van der Waals surface area contributed by atoms with Gasteiger partial charge in [-0.15, -0.1) is 11.8 Å². The smallest absolute Gasteiger partial charge is 0.223 e. The summed E-state index contributed by atoms with van der Waals surface area (Å²) in [5.41, 5.74) is 2.52. The SMILES string of the molecule is CSc1ccc(CNC(=O)C2CCN(c3cc(-c4cccc(F)c4)ncn3)CC2)cc1. The number of halogens is 1. The van der Waals surface area contributed by atoms with Crippen LogP contribution in [0.3, 0.4) is 0 Å². The Morgan fingerprint density at radius 2 is 1.90 bits per heavy atom. The predicted octanol–water partition coefficient (Wildman–Crippen LogP) is 4.54. The third-order valence-corrected chi connectivity index (χ3v) is 6.33. The summed E-state index contributed by atoms with van der Waals surface area (Å²) < 4.78 is 13.5. The fraction of sp³-hybridized carbons (Fsp3) is 0.292. The molecule has 0 unspecified atom stereocenters. The van der Waals surface area contributed by atoms with Crippen molar-refractivity contribution in [2.24, 2.45) is 5.92 Å². The highest BCUT2D eigenvalue weighted by Gasteiger charge is 2.25. The number of piperidine rings is 1. The average Bonchev–Trinajstić information content (AvgIpc) is 2.83. The Morgan fingerprint density at radius 3 is 2.61 bits per heavy atom. The maximum absolute atomic E-state index is 13.5. The zero-order valence-corrected chi connectivity index (χ0v) is 18.2. The van der Waals surface area contributed by atoms with Crippen molar-refractivity contribution in [3.8, 4) is 11.3 Å². The summed E-state index contributed by atoms with van der Waals surface area (Å²) in [5, 5.41) is 3.07. The molecule has 7 heteroatoms. The molecule has 160 valence electrons. The van der Waals surface area contributed by atoms with Gasteiger partial charge in [0.1, 0.15) is 18.0 Å². The number of benzene rings is 2. The van der Waals surface area contributed by atoms with Crippen LogP contribution in [-0.4, -0.2) is 35.2 Å². The van der Waals surface area contributed by atoms with Gasteiger partial charge in [0.25, 0.3) is 0 Å². The van der Waals surface area contributed by atoms with E-state index in [1.165, 1.54) is 23.4 Å². The molecule has 5 nitrogen and oxygen atoms in total. The summed E-state index contributed by atoms with van der Waals surface area (Å²) in [6.07, 6.45) is 5.11. The van der Waals surface area contributed by atoms with Gasteiger partial charge in [0.05, 0.1) is 5.69 Å². The highest BCUT2D eigenvalue weighted by Crippen LogP contribution is 2.25. The van der Waals surface area contributed by atoms with Gasteiger partial charge in [-0.3, -0.25) is 4.79 Å². The molecule has 3 aromatic rings. The first-order valence-electron chi connectivity index (χ1n) is 10.4. The van der Waals surface area contributed by atoms with Gasteiger partial charge in [-0.2, -0.15) is 0 Å². The normalized spacial score (nSPS) is 14.5. The molecule has 0 atom stereocenters. The number of nitrogens with one attached hydrogen (secondary N) is 1. The Balaban J connectivity index is 1.32. The molecule has 1 amide bonds. The molecule has 2 aromatic carbocycles. The monoisotopic (exact) mass is 436 g/mol. The first-order valence-corrected chi connectivity index (χ1v) is 11.6. The molecular weight excluding hydrogens is 411 g/mol. The molecule has 1 N–H and O–H groups in total. The number of hydrogen-bond acceptors (Lipinski definition) is 5. The molecule has 0 spiro atoms. The topological polar surface area (TPSA) is 58.1 Å². The quantitative estimate of drug-likeness (QED) is 0.575. The molecule has 1 saturated heterocycles. The van der Waals surface area contributed by atoms with Crippen LogP contribution < -0.4 is 10.2 Å². The maximum Gasteiger partial charge on any atom is 0.223 e.